The van der Waals surface area contributed by atoms with E-state index in [4.69, 9.17) is 16.3 Å². The van der Waals surface area contributed by atoms with Crippen LogP contribution in [-0.4, -0.2) is 50.4 Å². The van der Waals surface area contributed by atoms with Gasteiger partial charge in [-0.1, -0.05) is 23.7 Å². The highest BCUT2D eigenvalue weighted by Gasteiger charge is 2.30. The van der Waals surface area contributed by atoms with Crippen molar-refractivity contribution in [3.63, 3.8) is 0 Å². The molecule has 4 heterocycles. The molecular weight excluding hydrogens is 428 g/mol. The van der Waals surface area contributed by atoms with Crippen LogP contribution in [0.25, 0.3) is 17.0 Å². The molecule has 0 atom stereocenters. The summed E-state index contributed by atoms with van der Waals surface area (Å²) < 4.78 is 7.52. The third-order valence-electron chi connectivity index (χ3n) is 5.67. The molecule has 1 aliphatic rings. The Balaban J connectivity index is 1.42. The van der Waals surface area contributed by atoms with Crippen molar-refractivity contribution in [2.45, 2.75) is 12.8 Å². The van der Waals surface area contributed by atoms with Gasteiger partial charge < -0.3 is 15.0 Å². The molecule has 8 nitrogen and oxygen atoms in total. The minimum Gasteiger partial charge on any atom is -0.495 e. The molecule has 1 fully saturated rings. The highest BCUT2D eigenvalue weighted by atomic mass is 35.5. The number of ether oxygens (including phenoxy) is 1. The van der Waals surface area contributed by atoms with Gasteiger partial charge in [0.25, 0.3) is 0 Å². The monoisotopic (exact) mass is 448 g/mol. The van der Waals surface area contributed by atoms with E-state index in [2.05, 4.69) is 20.3 Å². The minimum atomic E-state index is 0.105. The Morgan fingerprint density at radius 3 is 2.81 bits per heavy atom. The lowest BCUT2D eigenvalue weighted by molar-refractivity contribution is -0.133. The van der Waals surface area contributed by atoms with E-state index in [-0.39, 0.29) is 5.91 Å². The van der Waals surface area contributed by atoms with E-state index >= 15 is 0 Å². The van der Waals surface area contributed by atoms with Crippen LogP contribution in [0.15, 0.2) is 55.0 Å². The number of imidazole rings is 1. The smallest absolute Gasteiger partial charge is 0.227 e. The van der Waals surface area contributed by atoms with Gasteiger partial charge in [-0.05, 0) is 29.8 Å². The van der Waals surface area contributed by atoms with Gasteiger partial charge in [0, 0.05) is 32.1 Å². The predicted octanol–water partition coefficient (Wildman–Crippen LogP) is 4.14. The molecule has 1 aliphatic heterocycles. The van der Waals surface area contributed by atoms with Crippen molar-refractivity contribution >= 4 is 34.8 Å². The van der Waals surface area contributed by atoms with E-state index in [0.29, 0.717) is 28.3 Å². The molecule has 5 rings (SSSR count). The zero-order valence-electron chi connectivity index (χ0n) is 17.6. The van der Waals surface area contributed by atoms with Crippen molar-refractivity contribution < 1.29 is 9.53 Å². The Morgan fingerprint density at radius 2 is 2.03 bits per heavy atom. The maximum atomic E-state index is 11.5. The van der Waals surface area contributed by atoms with Crippen LogP contribution in [-0.2, 0) is 4.79 Å². The van der Waals surface area contributed by atoms with E-state index in [9.17, 15) is 4.79 Å². The molecule has 9 heteroatoms. The Hall–Kier alpha value is -3.65. The summed E-state index contributed by atoms with van der Waals surface area (Å²) in [4.78, 5) is 26.7. The first-order valence-corrected chi connectivity index (χ1v) is 10.6. The zero-order chi connectivity index (χ0) is 22.2. The van der Waals surface area contributed by atoms with E-state index in [0.717, 1.165) is 35.7 Å². The summed E-state index contributed by atoms with van der Waals surface area (Å²) in [6, 6.07) is 11.7. The molecule has 32 heavy (non-hydrogen) atoms. The van der Waals surface area contributed by atoms with Crippen LogP contribution in [0.4, 0.5) is 11.6 Å². The number of methoxy groups -OCH3 is 1. The quantitative estimate of drug-likeness (QED) is 0.494. The Kier molecular flexibility index (Phi) is 5.14. The number of fused-ring (bicyclic) bond motifs is 1. The van der Waals surface area contributed by atoms with Gasteiger partial charge in [0.2, 0.25) is 11.9 Å². The van der Waals surface area contributed by atoms with Gasteiger partial charge >= 0.3 is 0 Å². The first-order valence-electron chi connectivity index (χ1n) is 10.2. The molecule has 1 aromatic carbocycles. The molecule has 0 aliphatic carbocycles. The van der Waals surface area contributed by atoms with Gasteiger partial charge in [-0.25, -0.2) is 15.0 Å². The van der Waals surface area contributed by atoms with Gasteiger partial charge in [-0.2, -0.15) is 0 Å². The fourth-order valence-electron chi connectivity index (χ4n) is 3.85. The van der Waals surface area contributed by atoms with Crippen molar-refractivity contribution in [1.82, 2.24) is 24.3 Å². The number of anilines is 2. The number of pyridine rings is 1. The third-order valence-corrected chi connectivity index (χ3v) is 5.95. The predicted molar refractivity (Wildman–Crippen MR) is 122 cm³/mol. The fourth-order valence-corrected chi connectivity index (χ4v) is 4.03. The van der Waals surface area contributed by atoms with Crippen molar-refractivity contribution in [3.05, 3.63) is 65.6 Å². The summed E-state index contributed by atoms with van der Waals surface area (Å²) in [7, 11) is 1.62. The molecular formula is C23H21ClN6O2. The zero-order valence-corrected chi connectivity index (χ0v) is 18.4. The largest absolute Gasteiger partial charge is 0.495 e. The second-order valence-corrected chi connectivity index (χ2v) is 8.08. The van der Waals surface area contributed by atoms with Gasteiger partial charge in [-0.3, -0.25) is 9.20 Å². The molecule has 1 saturated heterocycles. The minimum absolute atomic E-state index is 0.105. The number of nitrogens with zero attached hydrogens (tertiary/aromatic N) is 5. The summed E-state index contributed by atoms with van der Waals surface area (Å²) in [5.74, 6) is 1.50. The molecule has 0 saturated carbocycles. The van der Waals surface area contributed by atoms with Gasteiger partial charge in [0.05, 0.1) is 35.9 Å². The van der Waals surface area contributed by atoms with Crippen molar-refractivity contribution in [3.8, 4) is 17.1 Å². The van der Waals surface area contributed by atoms with E-state index in [1.807, 2.05) is 51.9 Å². The van der Waals surface area contributed by atoms with Crippen molar-refractivity contribution in [1.29, 1.82) is 0 Å². The highest BCUT2D eigenvalue weighted by molar-refractivity contribution is 6.32. The number of aromatic nitrogens is 4. The molecule has 3 aromatic heterocycles. The first kappa shape index (κ1) is 20.3. The SMILES string of the molecule is COc1cc(C2CN(C(C)=O)C2)ccc1Nc1ncc(Cl)c(-c2cnc3ccccn23)n1. The number of benzene rings is 1. The summed E-state index contributed by atoms with van der Waals surface area (Å²) in [5, 5.41) is 3.66. The lowest BCUT2D eigenvalue weighted by atomic mass is 9.91. The number of carbonyl (C=O) groups excluding carboxylic acids is 1. The van der Waals surface area contributed by atoms with Crippen LogP contribution in [0.1, 0.15) is 18.4 Å². The number of carbonyl (C=O) groups is 1. The van der Waals surface area contributed by atoms with Crippen LogP contribution in [0, 0.1) is 0 Å². The van der Waals surface area contributed by atoms with Crippen LogP contribution in [0.3, 0.4) is 0 Å². The van der Waals surface area contributed by atoms with Crippen LogP contribution >= 0.6 is 11.6 Å². The van der Waals surface area contributed by atoms with Crippen LogP contribution in [0.5, 0.6) is 5.75 Å². The van der Waals surface area contributed by atoms with E-state index in [1.165, 1.54) is 0 Å². The highest BCUT2D eigenvalue weighted by Crippen LogP contribution is 2.35. The summed E-state index contributed by atoms with van der Waals surface area (Å²) in [5.41, 5.74) is 4.04. The molecule has 162 valence electrons. The number of rotatable bonds is 5. The van der Waals surface area contributed by atoms with Gasteiger partial charge in [0.1, 0.15) is 17.1 Å². The maximum Gasteiger partial charge on any atom is 0.227 e. The number of halogens is 1. The standard InChI is InChI=1S/C23H21ClN6O2/c1-14(31)29-12-16(13-29)15-6-7-18(20(9-15)32-2)27-23-26-10-17(24)22(28-23)19-11-25-21-5-3-4-8-30(19)21/h3-11,16H,12-13H2,1-2H3,(H,26,27,28). The summed E-state index contributed by atoms with van der Waals surface area (Å²) in [6.45, 7) is 3.06. The molecule has 1 N–H and O–H groups in total. The second kappa shape index (κ2) is 8.12. The lowest BCUT2D eigenvalue weighted by Gasteiger charge is -2.39. The van der Waals surface area contributed by atoms with Crippen molar-refractivity contribution in [2.75, 3.05) is 25.5 Å². The molecule has 1 amide bonds. The number of hydrogen-bond acceptors (Lipinski definition) is 6. The van der Waals surface area contributed by atoms with E-state index < -0.39 is 0 Å². The molecule has 0 bridgehead atoms. The van der Waals surface area contributed by atoms with Gasteiger partial charge in [-0.15, -0.1) is 0 Å². The Bertz CT molecular complexity index is 1320. The Morgan fingerprint density at radius 1 is 1.19 bits per heavy atom. The first-order chi connectivity index (χ1) is 15.5. The lowest BCUT2D eigenvalue weighted by Crippen LogP contribution is -2.47. The fraction of sp³-hybridized carbons (Fsp3) is 0.217. The number of amides is 1. The van der Waals surface area contributed by atoms with Gasteiger partial charge in [0.15, 0.2) is 0 Å². The van der Waals surface area contributed by atoms with Crippen LogP contribution < -0.4 is 10.1 Å². The molecule has 4 aromatic rings. The molecule has 0 spiro atoms. The third kappa shape index (κ3) is 3.62. The second-order valence-electron chi connectivity index (χ2n) is 7.67. The van der Waals surface area contributed by atoms with E-state index in [1.54, 1.807) is 26.4 Å². The summed E-state index contributed by atoms with van der Waals surface area (Å²) >= 11 is 6.42. The average Bonchev–Trinajstić information content (AvgIpc) is 3.18. The average molecular weight is 449 g/mol. The Labute approximate surface area is 189 Å². The number of likely N-dealkylation sites (tertiary alicyclic amines) is 1. The molecule has 0 unspecified atom stereocenters. The summed E-state index contributed by atoms with van der Waals surface area (Å²) in [6.07, 6.45) is 5.23. The topological polar surface area (TPSA) is 84.6 Å². The normalized spacial score (nSPS) is 13.8. The number of hydrogen-bond donors (Lipinski definition) is 1. The molecule has 0 radical (unpaired) electrons. The maximum absolute atomic E-state index is 11.5. The number of nitrogens with one attached hydrogen (secondary N) is 1. The van der Waals surface area contributed by atoms with Crippen molar-refractivity contribution in [2.24, 2.45) is 0 Å². The van der Waals surface area contributed by atoms with Crippen LogP contribution in [0.2, 0.25) is 5.02 Å².